The first-order chi connectivity index (χ1) is 8.11. The lowest BCUT2D eigenvalue weighted by molar-refractivity contribution is 0.0300. The van der Waals surface area contributed by atoms with E-state index in [4.69, 9.17) is 4.74 Å². The summed E-state index contributed by atoms with van der Waals surface area (Å²) >= 11 is 0. The first kappa shape index (κ1) is 14.9. The molecule has 1 fully saturated rings. The number of nitrogens with zero attached hydrogens (tertiary/aromatic N) is 1. The number of rotatable bonds is 7. The molecule has 0 spiro atoms. The van der Waals surface area contributed by atoms with Crippen LogP contribution in [0.5, 0.6) is 0 Å². The van der Waals surface area contributed by atoms with Gasteiger partial charge in [-0.15, -0.1) is 0 Å². The van der Waals surface area contributed by atoms with Crippen LogP contribution in [0.4, 0.5) is 0 Å². The largest absolute Gasteiger partial charge is 0.381 e. The van der Waals surface area contributed by atoms with Crippen LogP contribution in [0.3, 0.4) is 0 Å². The normalized spacial score (nSPS) is 20.1. The molecule has 0 bridgehead atoms. The smallest absolute Gasteiger partial charge is 0.0480 e. The van der Waals surface area contributed by atoms with Crippen molar-refractivity contribution in [1.82, 2.24) is 10.2 Å². The Balaban J connectivity index is 2.14. The Morgan fingerprint density at radius 2 is 1.88 bits per heavy atom. The Morgan fingerprint density at radius 1 is 1.24 bits per heavy atom. The van der Waals surface area contributed by atoms with E-state index in [0.29, 0.717) is 6.04 Å². The zero-order chi connectivity index (χ0) is 12.7. The van der Waals surface area contributed by atoms with Gasteiger partial charge in [-0.2, -0.15) is 0 Å². The number of ether oxygens (including phenoxy) is 1. The molecule has 0 saturated carbocycles. The van der Waals surface area contributed by atoms with Gasteiger partial charge in [-0.05, 0) is 52.2 Å². The molecule has 1 aliphatic heterocycles. The van der Waals surface area contributed by atoms with E-state index in [9.17, 15) is 0 Å². The Morgan fingerprint density at radius 3 is 2.47 bits per heavy atom. The van der Waals surface area contributed by atoms with Crippen LogP contribution < -0.4 is 5.32 Å². The second-order valence-corrected chi connectivity index (χ2v) is 5.74. The third-order valence-electron chi connectivity index (χ3n) is 3.75. The van der Waals surface area contributed by atoms with Gasteiger partial charge in [-0.25, -0.2) is 0 Å². The van der Waals surface area contributed by atoms with Crippen LogP contribution in [0, 0.1) is 5.92 Å². The summed E-state index contributed by atoms with van der Waals surface area (Å²) in [6.45, 7) is 11.0. The molecule has 0 aromatic carbocycles. The number of nitrogens with one attached hydrogen (secondary N) is 1. The van der Waals surface area contributed by atoms with Crippen LogP contribution in [0.2, 0.25) is 0 Å². The molecule has 0 aliphatic carbocycles. The van der Waals surface area contributed by atoms with Crippen LogP contribution in [-0.2, 0) is 4.74 Å². The van der Waals surface area contributed by atoms with Crippen molar-refractivity contribution in [3.05, 3.63) is 0 Å². The van der Waals surface area contributed by atoms with Crippen molar-refractivity contribution in [2.45, 2.75) is 52.1 Å². The number of hydrogen-bond donors (Lipinski definition) is 1. The molecule has 0 aromatic heterocycles. The van der Waals surface area contributed by atoms with Gasteiger partial charge in [0, 0.05) is 25.3 Å². The van der Waals surface area contributed by atoms with E-state index in [-0.39, 0.29) is 0 Å². The molecule has 1 saturated heterocycles. The van der Waals surface area contributed by atoms with Gasteiger partial charge in [0.15, 0.2) is 0 Å². The zero-order valence-electron chi connectivity index (χ0n) is 12.0. The lowest BCUT2D eigenvalue weighted by Crippen LogP contribution is -2.43. The fraction of sp³-hybridized carbons (Fsp3) is 1.00. The number of hydrogen-bond acceptors (Lipinski definition) is 3. The predicted molar refractivity (Wildman–Crippen MR) is 73.4 cm³/mol. The molecule has 1 aliphatic rings. The van der Waals surface area contributed by atoms with Gasteiger partial charge < -0.3 is 15.0 Å². The molecule has 1 unspecified atom stereocenters. The monoisotopic (exact) mass is 242 g/mol. The second kappa shape index (κ2) is 8.06. The van der Waals surface area contributed by atoms with E-state index in [1.165, 1.54) is 19.3 Å². The quantitative estimate of drug-likeness (QED) is 0.692. The highest BCUT2D eigenvalue weighted by Gasteiger charge is 2.21. The maximum atomic E-state index is 5.42. The highest BCUT2D eigenvalue weighted by Crippen LogP contribution is 2.16. The molecule has 1 rings (SSSR count). The SMILES string of the molecule is CC(C)CNCCC(C)N(C)C1CCOCC1. The van der Waals surface area contributed by atoms with Crippen molar-refractivity contribution in [3.8, 4) is 0 Å². The van der Waals surface area contributed by atoms with Crippen LogP contribution in [-0.4, -0.2) is 50.3 Å². The summed E-state index contributed by atoms with van der Waals surface area (Å²) in [4.78, 5) is 2.54. The van der Waals surface area contributed by atoms with Crippen LogP contribution in [0.25, 0.3) is 0 Å². The fourth-order valence-corrected chi connectivity index (χ4v) is 2.36. The molecule has 0 aromatic rings. The summed E-state index contributed by atoms with van der Waals surface area (Å²) < 4.78 is 5.42. The molecule has 0 amide bonds. The van der Waals surface area contributed by atoms with Crippen LogP contribution >= 0.6 is 0 Å². The van der Waals surface area contributed by atoms with Crippen molar-refractivity contribution in [3.63, 3.8) is 0 Å². The lowest BCUT2D eigenvalue weighted by atomic mass is 10.0. The van der Waals surface area contributed by atoms with E-state index < -0.39 is 0 Å². The highest BCUT2D eigenvalue weighted by atomic mass is 16.5. The molecule has 17 heavy (non-hydrogen) atoms. The van der Waals surface area contributed by atoms with E-state index in [1.54, 1.807) is 0 Å². The average molecular weight is 242 g/mol. The zero-order valence-corrected chi connectivity index (χ0v) is 12.0. The molecule has 1 heterocycles. The maximum absolute atomic E-state index is 5.42. The standard InChI is InChI=1S/C14H30N2O/c1-12(2)11-15-8-5-13(3)16(4)14-6-9-17-10-7-14/h12-15H,5-11H2,1-4H3. The molecule has 1 atom stereocenters. The maximum Gasteiger partial charge on any atom is 0.0480 e. The van der Waals surface area contributed by atoms with Gasteiger partial charge in [0.05, 0.1) is 0 Å². The van der Waals surface area contributed by atoms with Crippen molar-refractivity contribution in [1.29, 1.82) is 0 Å². The van der Waals surface area contributed by atoms with Gasteiger partial charge >= 0.3 is 0 Å². The fourth-order valence-electron chi connectivity index (χ4n) is 2.36. The first-order valence-corrected chi connectivity index (χ1v) is 7.11. The first-order valence-electron chi connectivity index (χ1n) is 7.11. The Bertz CT molecular complexity index is 191. The van der Waals surface area contributed by atoms with Crippen molar-refractivity contribution in [2.75, 3.05) is 33.4 Å². The third kappa shape index (κ3) is 5.84. The lowest BCUT2D eigenvalue weighted by Gasteiger charge is -2.35. The minimum Gasteiger partial charge on any atom is -0.381 e. The molecule has 3 heteroatoms. The highest BCUT2D eigenvalue weighted by molar-refractivity contribution is 4.76. The topological polar surface area (TPSA) is 24.5 Å². The molecule has 102 valence electrons. The minimum atomic E-state index is 0.665. The van der Waals surface area contributed by atoms with Crippen molar-refractivity contribution >= 4 is 0 Å². The second-order valence-electron chi connectivity index (χ2n) is 5.74. The molecular weight excluding hydrogens is 212 g/mol. The van der Waals surface area contributed by atoms with E-state index in [2.05, 4.69) is 38.0 Å². The van der Waals surface area contributed by atoms with Crippen molar-refractivity contribution < 1.29 is 4.74 Å². The minimum absolute atomic E-state index is 0.665. The van der Waals surface area contributed by atoms with Gasteiger partial charge in [-0.1, -0.05) is 13.8 Å². The van der Waals surface area contributed by atoms with Crippen molar-refractivity contribution in [2.24, 2.45) is 5.92 Å². The Kier molecular flexibility index (Phi) is 7.09. The summed E-state index contributed by atoms with van der Waals surface area (Å²) in [6.07, 6.45) is 3.63. The van der Waals surface area contributed by atoms with Crippen LogP contribution in [0.15, 0.2) is 0 Å². The van der Waals surface area contributed by atoms with Crippen LogP contribution in [0.1, 0.15) is 40.0 Å². The Hall–Kier alpha value is -0.120. The van der Waals surface area contributed by atoms with Gasteiger partial charge in [0.1, 0.15) is 0 Å². The summed E-state index contributed by atoms with van der Waals surface area (Å²) in [5, 5.41) is 3.52. The summed E-state index contributed by atoms with van der Waals surface area (Å²) in [7, 11) is 2.27. The van der Waals surface area contributed by atoms with E-state index in [0.717, 1.165) is 38.3 Å². The average Bonchev–Trinajstić information content (AvgIpc) is 2.34. The van der Waals surface area contributed by atoms with E-state index >= 15 is 0 Å². The summed E-state index contributed by atoms with van der Waals surface area (Å²) in [5.74, 6) is 0.749. The third-order valence-corrected chi connectivity index (χ3v) is 3.75. The molecule has 1 N–H and O–H groups in total. The van der Waals surface area contributed by atoms with Gasteiger partial charge in [-0.3, -0.25) is 0 Å². The summed E-state index contributed by atoms with van der Waals surface area (Å²) in [5.41, 5.74) is 0. The predicted octanol–water partition coefficient (Wildman–Crippen LogP) is 2.12. The van der Waals surface area contributed by atoms with Gasteiger partial charge in [0.2, 0.25) is 0 Å². The van der Waals surface area contributed by atoms with E-state index in [1.807, 2.05) is 0 Å². The summed E-state index contributed by atoms with van der Waals surface area (Å²) in [6, 6.07) is 1.39. The van der Waals surface area contributed by atoms with Gasteiger partial charge in [0.25, 0.3) is 0 Å². The molecule has 0 radical (unpaired) electrons. The molecular formula is C14H30N2O. The molecule has 3 nitrogen and oxygen atoms in total. The Labute approximate surface area is 107 Å².